The predicted molar refractivity (Wildman–Crippen MR) is 138 cm³/mol. The van der Waals surface area contributed by atoms with Gasteiger partial charge in [-0.15, -0.1) is 0 Å². The van der Waals surface area contributed by atoms with Crippen LogP contribution >= 0.6 is 11.3 Å². The van der Waals surface area contributed by atoms with E-state index in [1.807, 2.05) is 13.8 Å². The second-order valence-corrected chi connectivity index (χ2v) is 11.7. The Kier molecular flexibility index (Phi) is 8.34. The van der Waals surface area contributed by atoms with Crippen molar-refractivity contribution >= 4 is 42.6 Å². The summed E-state index contributed by atoms with van der Waals surface area (Å²) >= 11 is 1.04. The highest BCUT2D eigenvalue weighted by atomic mass is 32.2. The van der Waals surface area contributed by atoms with Crippen LogP contribution in [0.2, 0.25) is 0 Å². The predicted octanol–water partition coefficient (Wildman–Crippen LogP) is 4.74. The number of rotatable bonds is 9. The summed E-state index contributed by atoms with van der Waals surface area (Å²) in [5.74, 6) is -1.87. The van der Waals surface area contributed by atoms with Crippen molar-refractivity contribution in [3.63, 3.8) is 0 Å². The van der Waals surface area contributed by atoms with Gasteiger partial charge in [0.05, 0.1) is 9.60 Å². The molecule has 0 aliphatic carbocycles. The summed E-state index contributed by atoms with van der Waals surface area (Å²) < 4.78 is 55.8. The molecule has 0 bridgehead atoms. The maximum atomic E-state index is 14.3. The molecule has 1 aliphatic heterocycles. The Morgan fingerprint density at radius 2 is 1.69 bits per heavy atom. The van der Waals surface area contributed by atoms with Gasteiger partial charge in [0.15, 0.2) is 10.9 Å². The molecule has 0 spiro atoms. The molecule has 0 saturated carbocycles. The molecule has 4 rings (SSSR count). The molecule has 2 heterocycles. The van der Waals surface area contributed by atoms with E-state index in [9.17, 15) is 22.0 Å². The minimum Gasteiger partial charge on any atom is -0.302 e. The quantitative estimate of drug-likeness (QED) is 0.395. The molecule has 1 aromatic heterocycles. The Morgan fingerprint density at radius 3 is 2.33 bits per heavy atom. The number of likely N-dealkylation sites (N-methyl/N-ethyl adjacent to an activating group) is 1. The molecule has 194 valence electrons. The first-order valence-corrected chi connectivity index (χ1v) is 14.4. The summed E-state index contributed by atoms with van der Waals surface area (Å²) in [5, 5.41) is 0.261. The van der Waals surface area contributed by atoms with Gasteiger partial charge in [0, 0.05) is 37.8 Å². The van der Waals surface area contributed by atoms with E-state index in [0.29, 0.717) is 24.3 Å². The number of nitrogens with zero attached hydrogens (tertiary/aromatic N) is 4. The van der Waals surface area contributed by atoms with Crippen LogP contribution in [0.5, 0.6) is 0 Å². The third-order valence-corrected chi connectivity index (χ3v) is 9.40. The molecule has 1 fully saturated rings. The van der Waals surface area contributed by atoms with Crippen LogP contribution in [0.25, 0.3) is 10.2 Å². The van der Waals surface area contributed by atoms with Crippen LogP contribution in [-0.4, -0.2) is 67.8 Å². The van der Waals surface area contributed by atoms with Gasteiger partial charge >= 0.3 is 0 Å². The van der Waals surface area contributed by atoms with Crippen LogP contribution < -0.4 is 4.90 Å². The van der Waals surface area contributed by atoms with Crippen LogP contribution in [0.1, 0.15) is 43.5 Å². The fourth-order valence-electron chi connectivity index (χ4n) is 4.31. The lowest BCUT2D eigenvalue weighted by Crippen LogP contribution is -2.39. The van der Waals surface area contributed by atoms with E-state index >= 15 is 0 Å². The van der Waals surface area contributed by atoms with Gasteiger partial charge < -0.3 is 4.90 Å². The lowest BCUT2D eigenvalue weighted by Gasteiger charge is -2.26. The van der Waals surface area contributed by atoms with Gasteiger partial charge in [-0.25, -0.2) is 22.2 Å². The third-order valence-electron chi connectivity index (χ3n) is 6.47. The number of amides is 1. The fourth-order valence-corrected chi connectivity index (χ4v) is 6.85. The van der Waals surface area contributed by atoms with Crippen LogP contribution in [0, 0.1) is 11.6 Å². The maximum absolute atomic E-state index is 14.3. The first-order valence-electron chi connectivity index (χ1n) is 12.1. The topological polar surface area (TPSA) is 73.8 Å². The van der Waals surface area contributed by atoms with Crippen molar-refractivity contribution < 1.29 is 22.0 Å². The smallest absolute Gasteiger partial charge is 0.260 e. The lowest BCUT2D eigenvalue weighted by molar-refractivity contribution is 0.0983. The van der Waals surface area contributed by atoms with E-state index in [1.165, 1.54) is 39.5 Å². The second-order valence-electron chi connectivity index (χ2n) is 8.70. The first kappa shape index (κ1) is 26.6. The molecular formula is C25H30F2N4O3S2. The summed E-state index contributed by atoms with van der Waals surface area (Å²) in [4.78, 5) is 21.6. The number of halogens is 2. The number of anilines is 1. The fraction of sp³-hybridized carbons (Fsp3) is 0.440. The number of hydrogen-bond acceptors (Lipinski definition) is 6. The monoisotopic (exact) mass is 536 g/mol. The van der Waals surface area contributed by atoms with Crippen LogP contribution in [0.15, 0.2) is 41.3 Å². The van der Waals surface area contributed by atoms with E-state index in [4.69, 9.17) is 0 Å². The molecule has 1 saturated heterocycles. The molecule has 7 nitrogen and oxygen atoms in total. The number of carbonyl (C=O) groups excluding carboxylic acids is 1. The molecule has 36 heavy (non-hydrogen) atoms. The summed E-state index contributed by atoms with van der Waals surface area (Å²) in [7, 11) is -3.62. The highest BCUT2D eigenvalue weighted by molar-refractivity contribution is 7.89. The van der Waals surface area contributed by atoms with E-state index in [1.54, 1.807) is 0 Å². The van der Waals surface area contributed by atoms with Gasteiger partial charge in [-0.2, -0.15) is 4.31 Å². The van der Waals surface area contributed by atoms with Crippen molar-refractivity contribution in [1.82, 2.24) is 14.2 Å². The van der Waals surface area contributed by atoms with Crippen molar-refractivity contribution in [2.75, 3.05) is 44.2 Å². The van der Waals surface area contributed by atoms with Gasteiger partial charge in [0.1, 0.15) is 11.3 Å². The minimum atomic E-state index is -3.62. The van der Waals surface area contributed by atoms with Gasteiger partial charge in [-0.1, -0.05) is 31.6 Å². The van der Waals surface area contributed by atoms with Gasteiger partial charge in [-0.3, -0.25) is 9.69 Å². The Balaban J connectivity index is 1.64. The average molecular weight is 537 g/mol. The largest absolute Gasteiger partial charge is 0.302 e. The summed E-state index contributed by atoms with van der Waals surface area (Å²) in [6.45, 7) is 7.47. The normalized spacial score (nSPS) is 15.0. The highest BCUT2D eigenvalue weighted by Gasteiger charge is 2.27. The highest BCUT2D eigenvalue weighted by Crippen LogP contribution is 2.32. The van der Waals surface area contributed by atoms with Crippen LogP contribution in [0.4, 0.5) is 13.9 Å². The van der Waals surface area contributed by atoms with Crippen molar-refractivity contribution in [2.24, 2.45) is 0 Å². The molecule has 0 atom stereocenters. The molecule has 11 heteroatoms. The van der Waals surface area contributed by atoms with Crippen molar-refractivity contribution in [3.05, 3.63) is 53.6 Å². The summed E-state index contributed by atoms with van der Waals surface area (Å²) in [6, 6.07) is 7.87. The summed E-state index contributed by atoms with van der Waals surface area (Å²) in [5.41, 5.74) is 0.304. The van der Waals surface area contributed by atoms with E-state index in [-0.39, 0.29) is 33.6 Å². The average Bonchev–Trinajstić information content (AvgIpc) is 3.31. The Hall–Kier alpha value is -2.47. The molecule has 1 aliphatic rings. The zero-order valence-corrected chi connectivity index (χ0v) is 22.0. The Labute approximate surface area is 214 Å². The number of fused-ring (bicyclic) bond motifs is 1. The SMILES string of the molecule is CCN(CC)CCN(C(=O)c1ccc(S(=O)(=O)N2CCCCC2)cc1)c1nc2c(F)cc(F)cc2s1. The van der Waals surface area contributed by atoms with E-state index in [0.717, 1.165) is 49.8 Å². The Morgan fingerprint density at radius 1 is 1.03 bits per heavy atom. The van der Waals surface area contributed by atoms with Crippen LogP contribution in [0.3, 0.4) is 0 Å². The number of benzene rings is 2. The molecule has 2 aromatic carbocycles. The number of piperidine rings is 1. The number of hydrogen-bond donors (Lipinski definition) is 0. The molecule has 0 unspecified atom stereocenters. The molecule has 3 aromatic rings. The number of aromatic nitrogens is 1. The van der Waals surface area contributed by atoms with E-state index in [2.05, 4.69) is 9.88 Å². The third kappa shape index (κ3) is 5.59. The van der Waals surface area contributed by atoms with Crippen molar-refractivity contribution in [2.45, 2.75) is 38.0 Å². The Bertz CT molecular complexity index is 1320. The zero-order chi connectivity index (χ0) is 25.9. The van der Waals surface area contributed by atoms with Gasteiger partial charge in [-0.05, 0) is 56.3 Å². The maximum Gasteiger partial charge on any atom is 0.260 e. The van der Waals surface area contributed by atoms with Crippen LogP contribution in [-0.2, 0) is 10.0 Å². The lowest BCUT2D eigenvalue weighted by atomic mass is 10.2. The number of thiazole rings is 1. The minimum absolute atomic E-state index is 0.0139. The van der Waals surface area contributed by atoms with E-state index < -0.39 is 21.7 Å². The van der Waals surface area contributed by atoms with Gasteiger partial charge in [0.25, 0.3) is 5.91 Å². The van der Waals surface area contributed by atoms with Crippen molar-refractivity contribution in [1.29, 1.82) is 0 Å². The molecule has 0 N–H and O–H groups in total. The molecular weight excluding hydrogens is 506 g/mol. The zero-order valence-electron chi connectivity index (χ0n) is 20.4. The molecule has 0 radical (unpaired) electrons. The number of carbonyl (C=O) groups is 1. The van der Waals surface area contributed by atoms with Crippen molar-refractivity contribution in [3.8, 4) is 0 Å². The van der Waals surface area contributed by atoms with Gasteiger partial charge in [0.2, 0.25) is 10.0 Å². The second kappa shape index (κ2) is 11.3. The first-order chi connectivity index (χ1) is 17.2. The molecule has 1 amide bonds. The number of sulfonamides is 1. The summed E-state index contributed by atoms with van der Waals surface area (Å²) in [6.07, 6.45) is 2.69. The standard InChI is InChI=1S/C25H30F2N4O3S2/c1-3-29(4-2)14-15-31(25-28-23-21(27)16-19(26)17-22(23)35-25)24(32)18-8-10-20(11-9-18)36(33,34)30-12-6-5-7-13-30/h8-11,16-17H,3-7,12-15H2,1-2H3.